The normalized spacial score (nSPS) is 12.9. The molecule has 2 aromatic heterocycles. The molecule has 0 aliphatic rings. The highest BCUT2D eigenvalue weighted by Crippen LogP contribution is 2.38. The number of rotatable bonds is 5. The minimum atomic E-state index is 0.324. The lowest BCUT2D eigenvalue weighted by Gasteiger charge is -2.16. The molecule has 2 aromatic rings. The molecule has 0 saturated carbocycles. The second-order valence-electron chi connectivity index (χ2n) is 4.84. The molecule has 0 aliphatic carbocycles. The summed E-state index contributed by atoms with van der Waals surface area (Å²) in [5, 5.41) is 3.69. The number of halogens is 1. The van der Waals surface area contributed by atoms with Crippen molar-refractivity contribution >= 4 is 38.6 Å². The third-order valence-electron chi connectivity index (χ3n) is 3.17. The Hall–Kier alpha value is -0.160. The first kappa shape index (κ1) is 15.2. The topological polar surface area (TPSA) is 12.0 Å². The Morgan fingerprint density at radius 1 is 1.21 bits per heavy atom. The van der Waals surface area contributed by atoms with Crippen molar-refractivity contribution in [3.05, 3.63) is 41.7 Å². The molecule has 0 aliphatic heterocycles. The summed E-state index contributed by atoms with van der Waals surface area (Å²) >= 11 is 7.50. The molecule has 104 valence electrons. The quantitative estimate of drug-likeness (QED) is 0.735. The van der Waals surface area contributed by atoms with E-state index in [1.807, 2.05) is 22.7 Å². The smallest absolute Gasteiger partial charge is 0.0776 e. The monoisotopic (exact) mass is 357 g/mol. The van der Waals surface area contributed by atoms with E-state index in [0.29, 0.717) is 6.04 Å². The highest BCUT2D eigenvalue weighted by molar-refractivity contribution is 9.10. The van der Waals surface area contributed by atoms with Crippen LogP contribution < -0.4 is 5.32 Å². The van der Waals surface area contributed by atoms with Gasteiger partial charge in [-0.15, -0.1) is 22.7 Å². The standard InChI is InChI=1S/C15H20BrNS2/c1-5-6-17-14(13-7-9(2)11(4)19-13)15-12(16)8-10(3)18-15/h7-8,14,17H,5-6H2,1-4H3. The van der Waals surface area contributed by atoms with Gasteiger partial charge in [0.25, 0.3) is 0 Å². The van der Waals surface area contributed by atoms with E-state index in [1.54, 1.807) is 0 Å². The number of nitrogens with one attached hydrogen (secondary N) is 1. The van der Waals surface area contributed by atoms with Crippen LogP contribution in [0.5, 0.6) is 0 Å². The van der Waals surface area contributed by atoms with Crippen LogP contribution in [-0.4, -0.2) is 6.54 Å². The third kappa shape index (κ3) is 3.48. The lowest BCUT2D eigenvalue weighted by molar-refractivity contribution is 0.611. The summed E-state index contributed by atoms with van der Waals surface area (Å²) in [6, 6.07) is 4.87. The fraction of sp³-hybridized carbons (Fsp3) is 0.467. The maximum atomic E-state index is 3.71. The second-order valence-corrected chi connectivity index (χ2v) is 8.27. The lowest BCUT2D eigenvalue weighted by atomic mass is 10.1. The molecule has 19 heavy (non-hydrogen) atoms. The summed E-state index contributed by atoms with van der Waals surface area (Å²) in [4.78, 5) is 5.59. The van der Waals surface area contributed by atoms with E-state index in [-0.39, 0.29) is 0 Å². The minimum absolute atomic E-state index is 0.324. The molecule has 1 N–H and O–H groups in total. The van der Waals surface area contributed by atoms with Crippen molar-refractivity contribution in [2.45, 2.75) is 40.2 Å². The van der Waals surface area contributed by atoms with Crippen LogP contribution in [0.1, 0.15) is 44.5 Å². The molecule has 0 aromatic carbocycles. The molecule has 4 heteroatoms. The van der Waals surface area contributed by atoms with Gasteiger partial charge in [-0.25, -0.2) is 0 Å². The van der Waals surface area contributed by atoms with Crippen molar-refractivity contribution in [2.24, 2.45) is 0 Å². The van der Waals surface area contributed by atoms with E-state index in [2.05, 4.69) is 61.1 Å². The molecule has 0 fully saturated rings. The first-order valence-electron chi connectivity index (χ1n) is 6.59. The Labute approximate surface area is 132 Å². The molecule has 0 bridgehead atoms. The number of aryl methyl sites for hydroxylation is 3. The van der Waals surface area contributed by atoms with E-state index in [9.17, 15) is 0 Å². The molecular weight excluding hydrogens is 338 g/mol. The van der Waals surface area contributed by atoms with Gasteiger partial charge in [0.1, 0.15) is 0 Å². The summed E-state index contributed by atoms with van der Waals surface area (Å²) in [7, 11) is 0. The van der Waals surface area contributed by atoms with Gasteiger partial charge in [0.2, 0.25) is 0 Å². The van der Waals surface area contributed by atoms with E-state index >= 15 is 0 Å². The van der Waals surface area contributed by atoms with Crippen LogP contribution in [0.25, 0.3) is 0 Å². The van der Waals surface area contributed by atoms with Gasteiger partial charge in [0, 0.05) is 24.0 Å². The van der Waals surface area contributed by atoms with Gasteiger partial charge >= 0.3 is 0 Å². The molecule has 0 saturated heterocycles. The zero-order valence-electron chi connectivity index (χ0n) is 11.8. The molecule has 1 unspecified atom stereocenters. The van der Waals surface area contributed by atoms with Gasteiger partial charge in [-0.3, -0.25) is 0 Å². The van der Waals surface area contributed by atoms with Gasteiger partial charge in [-0.2, -0.15) is 0 Å². The van der Waals surface area contributed by atoms with Crippen molar-refractivity contribution in [2.75, 3.05) is 6.54 Å². The zero-order chi connectivity index (χ0) is 14.0. The van der Waals surface area contributed by atoms with Crippen LogP contribution in [0.15, 0.2) is 16.6 Å². The first-order chi connectivity index (χ1) is 9.02. The molecule has 1 nitrogen and oxygen atoms in total. The Morgan fingerprint density at radius 3 is 2.42 bits per heavy atom. The predicted molar refractivity (Wildman–Crippen MR) is 90.7 cm³/mol. The largest absolute Gasteiger partial charge is 0.305 e. The molecule has 0 spiro atoms. The SMILES string of the molecule is CCCNC(c1cc(C)c(C)s1)c1sc(C)cc1Br. The number of thiophene rings is 2. The first-order valence-corrected chi connectivity index (χ1v) is 9.01. The maximum absolute atomic E-state index is 3.71. The third-order valence-corrected chi connectivity index (χ3v) is 6.42. The molecule has 2 rings (SSSR count). The van der Waals surface area contributed by atoms with E-state index in [4.69, 9.17) is 0 Å². The predicted octanol–water partition coefficient (Wildman–Crippen LogP) is 5.59. The Bertz CT molecular complexity index is 537. The highest BCUT2D eigenvalue weighted by Gasteiger charge is 2.20. The van der Waals surface area contributed by atoms with Crippen LogP contribution in [0, 0.1) is 20.8 Å². The van der Waals surface area contributed by atoms with Crippen molar-refractivity contribution < 1.29 is 0 Å². The zero-order valence-corrected chi connectivity index (χ0v) is 15.1. The highest BCUT2D eigenvalue weighted by atomic mass is 79.9. The summed E-state index contributed by atoms with van der Waals surface area (Å²) in [5.74, 6) is 0. The Morgan fingerprint density at radius 2 is 1.95 bits per heavy atom. The molecule has 2 heterocycles. The van der Waals surface area contributed by atoms with Gasteiger partial charge in [0.05, 0.1) is 6.04 Å². The van der Waals surface area contributed by atoms with Gasteiger partial charge in [-0.1, -0.05) is 6.92 Å². The van der Waals surface area contributed by atoms with Crippen LogP contribution in [-0.2, 0) is 0 Å². The second kappa shape index (κ2) is 6.53. The van der Waals surface area contributed by atoms with Gasteiger partial charge < -0.3 is 5.32 Å². The van der Waals surface area contributed by atoms with E-state index < -0.39 is 0 Å². The number of hydrogen-bond donors (Lipinski definition) is 1. The minimum Gasteiger partial charge on any atom is -0.305 e. The van der Waals surface area contributed by atoms with Crippen molar-refractivity contribution in [1.82, 2.24) is 5.32 Å². The fourth-order valence-corrected chi connectivity index (χ4v) is 5.23. The van der Waals surface area contributed by atoms with Crippen molar-refractivity contribution in [3.8, 4) is 0 Å². The maximum Gasteiger partial charge on any atom is 0.0776 e. The Kier molecular flexibility index (Phi) is 5.23. The summed E-state index contributed by atoms with van der Waals surface area (Å²) in [6.07, 6.45) is 1.15. The summed E-state index contributed by atoms with van der Waals surface area (Å²) in [6.45, 7) is 9.82. The van der Waals surface area contributed by atoms with Gasteiger partial charge in [-0.05, 0) is 67.4 Å². The van der Waals surface area contributed by atoms with E-state index in [1.165, 1.54) is 29.5 Å². The van der Waals surface area contributed by atoms with Crippen molar-refractivity contribution in [1.29, 1.82) is 0 Å². The lowest BCUT2D eigenvalue weighted by Crippen LogP contribution is -2.21. The van der Waals surface area contributed by atoms with Crippen molar-refractivity contribution in [3.63, 3.8) is 0 Å². The van der Waals surface area contributed by atoms with Crippen LogP contribution in [0.3, 0.4) is 0 Å². The molecule has 0 radical (unpaired) electrons. The Balaban J connectivity index is 2.38. The molecule has 0 amide bonds. The molecular formula is C15H20BrNS2. The van der Waals surface area contributed by atoms with E-state index in [0.717, 1.165) is 13.0 Å². The van der Waals surface area contributed by atoms with Crippen LogP contribution in [0.4, 0.5) is 0 Å². The van der Waals surface area contributed by atoms with Crippen LogP contribution in [0.2, 0.25) is 0 Å². The average molecular weight is 358 g/mol. The fourth-order valence-electron chi connectivity index (χ4n) is 2.05. The van der Waals surface area contributed by atoms with Crippen LogP contribution >= 0.6 is 38.6 Å². The average Bonchev–Trinajstić information content (AvgIpc) is 2.84. The number of hydrogen-bond acceptors (Lipinski definition) is 3. The summed E-state index contributed by atoms with van der Waals surface area (Å²) < 4.78 is 1.23. The summed E-state index contributed by atoms with van der Waals surface area (Å²) in [5.41, 5.74) is 1.40. The molecule has 1 atom stereocenters. The van der Waals surface area contributed by atoms with Gasteiger partial charge in [0.15, 0.2) is 0 Å².